The molecular weight excluding hydrogens is 343 g/mol. The van der Waals surface area contributed by atoms with E-state index in [-0.39, 0.29) is 23.0 Å². The lowest BCUT2D eigenvalue weighted by Crippen LogP contribution is -2.27. The summed E-state index contributed by atoms with van der Waals surface area (Å²) in [5, 5.41) is -0.381. The average Bonchev–Trinajstić information content (AvgIpc) is 3.36. The van der Waals surface area contributed by atoms with Gasteiger partial charge in [0.25, 0.3) is 5.56 Å². The molecule has 25 heavy (non-hydrogen) atoms. The molecule has 0 spiro atoms. The smallest absolute Gasteiger partial charge is 0.253 e. The number of pyridine rings is 1. The summed E-state index contributed by atoms with van der Waals surface area (Å²) in [6.45, 7) is 3.43. The minimum atomic E-state index is -3.48. The molecular formula is C18H21FN2O3S. The van der Waals surface area contributed by atoms with Crippen LogP contribution in [0.2, 0.25) is 0 Å². The van der Waals surface area contributed by atoms with Crippen molar-refractivity contribution in [3.8, 4) is 0 Å². The van der Waals surface area contributed by atoms with E-state index in [9.17, 15) is 17.6 Å². The van der Waals surface area contributed by atoms with Crippen LogP contribution in [-0.2, 0) is 23.5 Å². The van der Waals surface area contributed by atoms with E-state index in [4.69, 9.17) is 0 Å². The van der Waals surface area contributed by atoms with Crippen molar-refractivity contribution in [2.75, 3.05) is 4.72 Å². The molecule has 0 unspecified atom stereocenters. The highest BCUT2D eigenvalue weighted by Gasteiger charge is 2.36. The molecule has 0 radical (unpaired) electrons. The molecule has 1 aliphatic carbocycles. The first-order valence-electron chi connectivity index (χ1n) is 8.15. The van der Waals surface area contributed by atoms with Crippen molar-refractivity contribution in [2.24, 2.45) is 7.05 Å². The average molecular weight is 364 g/mol. The van der Waals surface area contributed by atoms with Gasteiger partial charge in [-0.05, 0) is 49.9 Å². The first-order valence-corrected chi connectivity index (χ1v) is 9.70. The summed E-state index contributed by atoms with van der Waals surface area (Å²) in [7, 11) is -1.90. The van der Waals surface area contributed by atoms with Crippen LogP contribution in [0.25, 0.3) is 0 Å². The molecule has 1 saturated carbocycles. The number of aryl methyl sites for hydroxylation is 2. The van der Waals surface area contributed by atoms with Gasteiger partial charge in [-0.3, -0.25) is 9.52 Å². The Bertz CT molecular complexity index is 992. The molecule has 1 aliphatic rings. The predicted octanol–water partition coefficient (Wildman–Crippen LogP) is 2.64. The molecule has 0 aliphatic heterocycles. The topological polar surface area (TPSA) is 68.2 Å². The lowest BCUT2D eigenvalue weighted by atomic mass is 10.0. The normalized spacial score (nSPS) is 14.6. The third-order valence-corrected chi connectivity index (χ3v) is 6.35. The van der Waals surface area contributed by atoms with Gasteiger partial charge in [-0.25, -0.2) is 12.8 Å². The maximum Gasteiger partial charge on any atom is 0.253 e. The highest BCUT2D eigenvalue weighted by atomic mass is 32.2. The van der Waals surface area contributed by atoms with Gasteiger partial charge >= 0.3 is 0 Å². The van der Waals surface area contributed by atoms with Crippen LogP contribution in [0.5, 0.6) is 0 Å². The molecule has 2 aromatic rings. The van der Waals surface area contributed by atoms with Crippen LogP contribution in [0.15, 0.2) is 29.1 Å². The fraction of sp³-hybridized carbons (Fsp3) is 0.389. The zero-order valence-corrected chi connectivity index (χ0v) is 15.3. The van der Waals surface area contributed by atoms with Gasteiger partial charge in [0.05, 0.1) is 10.9 Å². The van der Waals surface area contributed by atoms with Gasteiger partial charge in [0.1, 0.15) is 5.82 Å². The van der Waals surface area contributed by atoms with Gasteiger partial charge in [0, 0.05) is 24.7 Å². The van der Waals surface area contributed by atoms with E-state index in [1.54, 1.807) is 33.0 Å². The van der Waals surface area contributed by atoms with Crippen molar-refractivity contribution in [3.05, 3.63) is 62.8 Å². The molecule has 1 aromatic heterocycles. The molecule has 0 bridgehead atoms. The minimum absolute atomic E-state index is 0.126. The number of sulfonamides is 1. The van der Waals surface area contributed by atoms with Crippen LogP contribution in [0.4, 0.5) is 10.1 Å². The fourth-order valence-corrected chi connectivity index (χ4v) is 4.23. The highest BCUT2D eigenvalue weighted by molar-refractivity contribution is 7.93. The third kappa shape index (κ3) is 3.61. The van der Waals surface area contributed by atoms with E-state index < -0.39 is 10.0 Å². The van der Waals surface area contributed by atoms with Crippen molar-refractivity contribution >= 4 is 15.7 Å². The van der Waals surface area contributed by atoms with Crippen LogP contribution in [0.3, 0.4) is 0 Å². The summed E-state index contributed by atoms with van der Waals surface area (Å²) in [6.07, 6.45) is 1.41. The molecule has 1 aromatic carbocycles. The summed E-state index contributed by atoms with van der Waals surface area (Å²) >= 11 is 0. The van der Waals surface area contributed by atoms with Crippen LogP contribution in [0, 0.1) is 19.7 Å². The Labute approximate surface area is 146 Å². The number of benzene rings is 1. The lowest BCUT2D eigenvalue weighted by Gasteiger charge is -2.17. The number of hydrogen-bond acceptors (Lipinski definition) is 3. The lowest BCUT2D eigenvalue weighted by molar-refractivity contribution is 0.599. The molecule has 0 saturated heterocycles. The van der Waals surface area contributed by atoms with E-state index in [2.05, 4.69) is 4.72 Å². The number of rotatable bonds is 5. The van der Waals surface area contributed by atoms with E-state index >= 15 is 0 Å². The number of halogens is 1. The second-order valence-corrected chi connectivity index (χ2v) is 8.63. The molecule has 0 atom stereocenters. The molecule has 1 fully saturated rings. The monoisotopic (exact) mass is 364 g/mol. The molecule has 0 amide bonds. The Hall–Kier alpha value is -2.15. The standard InChI is InChI=1S/C18H21FN2O3S/c1-11-4-5-13(15(19)8-11)10-17-16(9-12(2)18(22)21(17)3)20-25(23,24)14-6-7-14/h4-5,8-9,14,20H,6-7,10H2,1-3H3. The summed E-state index contributed by atoms with van der Waals surface area (Å²) < 4.78 is 42.8. The number of aromatic nitrogens is 1. The van der Waals surface area contributed by atoms with E-state index in [1.165, 1.54) is 16.7 Å². The van der Waals surface area contributed by atoms with Crippen LogP contribution < -0.4 is 10.3 Å². The van der Waals surface area contributed by atoms with Gasteiger partial charge in [0.2, 0.25) is 10.0 Å². The van der Waals surface area contributed by atoms with Crippen molar-refractivity contribution in [1.29, 1.82) is 0 Å². The van der Waals surface area contributed by atoms with Crippen molar-refractivity contribution in [1.82, 2.24) is 4.57 Å². The second kappa shape index (κ2) is 6.29. The highest BCUT2D eigenvalue weighted by Crippen LogP contribution is 2.31. The number of anilines is 1. The largest absolute Gasteiger partial charge is 0.313 e. The van der Waals surface area contributed by atoms with Crippen LogP contribution >= 0.6 is 0 Å². The maximum absolute atomic E-state index is 14.2. The number of nitrogens with one attached hydrogen (secondary N) is 1. The third-order valence-electron chi connectivity index (χ3n) is 4.50. The summed E-state index contributed by atoms with van der Waals surface area (Å²) in [6, 6.07) is 6.41. The van der Waals surface area contributed by atoms with Crippen molar-refractivity contribution in [3.63, 3.8) is 0 Å². The molecule has 3 rings (SSSR count). The Kier molecular flexibility index (Phi) is 4.45. The van der Waals surface area contributed by atoms with Gasteiger partial charge < -0.3 is 4.57 Å². The summed E-state index contributed by atoms with van der Waals surface area (Å²) in [5.74, 6) is -0.371. The Morgan fingerprint density at radius 3 is 2.52 bits per heavy atom. The molecule has 5 nitrogen and oxygen atoms in total. The number of hydrogen-bond donors (Lipinski definition) is 1. The van der Waals surface area contributed by atoms with Gasteiger partial charge in [-0.1, -0.05) is 12.1 Å². The molecule has 134 valence electrons. The van der Waals surface area contributed by atoms with Crippen molar-refractivity contribution < 1.29 is 12.8 Å². The first kappa shape index (κ1) is 17.7. The Morgan fingerprint density at radius 1 is 1.24 bits per heavy atom. The first-order chi connectivity index (χ1) is 11.7. The minimum Gasteiger partial charge on any atom is -0.313 e. The van der Waals surface area contributed by atoms with E-state index in [1.807, 2.05) is 0 Å². The zero-order valence-electron chi connectivity index (χ0n) is 14.5. The fourth-order valence-electron chi connectivity index (χ4n) is 2.82. The molecule has 1 N–H and O–H groups in total. The summed E-state index contributed by atoms with van der Waals surface area (Å²) in [4.78, 5) is 12.3. The molecule has 7 heteroatoms. The summed E-state index contributed by atoms with van der Waals surface area (Å²) in [5.41, 5.74) is 2.21. The quantitative estimate of drug-likeness (QED) is 0.887. The molecule has 1 heterocycles. The second-order valence-electron chi connectivity index (χ2n) is 6.67. The SMILES string of the molecule is Cc1ccc(Cc2c(NS(=O)(=O)C3CC3)cc(C)c(=O)n2C)c(F)c1. The Balaban J connectivity index is 2.07. The van der Waals surface area contributed by atoms with Gasteiger partial charge in [-0.15, -0.1) is 0 Å². The van der Waals surface area contributed by atoms with E-state index in [0.717, 1.165) is 5.56 Å². The van der Waals surface area contributed by atoms with Crippen LogP contribution in [0.1, 0.15) is 35.2 Å². The van der Waals surface area contributed by atoms with Gasteiger partial charge in [0.15, 0.2) is 0 Å². The predicted molar refractivity (Wildman–Crippen MR) is 95.9 cm³/mol. The van der Waals surface area contributed by atoms with Crippen molar-refractivity contribution in [2.45, 2.75) is 38.4 Å². The number of nitrogens with zero attached hydrogens (tertiary/aromatic N) is 1. The van der Waals surface area contributed by atoms with Crippen LogP contribution in [-0.4, -0.2) is 18.2 Å². The zero-order chi connectivity index (χ0) is 18.4. The van der Waals surface area contributed by atoms with E-state index in [0.29, 0.717) is 35.3 Å². The maximum atomic E-state index is 14.2. The van der Waals surface area contributed by atoms with Gasteiger partial charge in [-0.2, -0.15) is 0 Å². The Morgan fingerprint density at radius 2 is 1.92 bits per heavy atom.